The summed E-state index contributed by atoms with van der Waals surface area (Å²) in [6, 6.07) is 12.7. The van der Waals surface area contributed by atoms with Gasteiger partial charge in [-0.1, -0.05) is 12.1 Å². The molecule has 0 saturated heterocycles. The van der Waals surface area contributed by atoms with Gasteiger partial charge in [0.15, 0.2) is 0 Å². The third-order valence-electron chi connectivity index (χ3n) is 3.85. The van der Waals surface area contributed by atoms with Crippen molar-refractivity contribution in [2.75, 3.05) is 21.9 Å². The maximum Gasteiger partial charge on any atom is 0.255 e. The highest BCUT2D eigenvalue weighted by atomic mass is 32.2. The molecule has 138 valence electrons. The molecule has 0 saturated carbocycles. The number of anilines is 2. The van der Waals surface area contributed by atoms with Crippen LogP contribution >= 0.6 is 0 Å². The highest BCUT2D eigenvalue weighted by Crippen LogP contribution is 2.20. The third kappa shape index (κ3) is 4.20. The largest absolute Gasteiger partial charge is 0.366 e. The number of nitrogens with one attached hydrogen (secondary N) is 1. The molecule has 26 heavy (non-hydrogen) atoms. The van der Waals surface area contributed by atoms with Crippen LogP contribution in [0.1, 0.15) is 34.6 Å². The number of hydrogen-bond acceptors (Lipinski definition) is 4. The van der Waals surface area contributed by atoms with Gasteiger partial charge in [-0.05, 0) is 50.2 Å². The van der Waals surface area contributed by atoms with Gasteiger partial charge in [0.25, 0.3) is 11.8 Å². The second-order valence-corrected chi connectivity index (χ2v) is 7.66. The molecule has 8 heteroatoms. The number of amides is 2. The molecule has 7 nitrogen and oxygen atoms in total. The zero-order chi connectivity index (χ0) is 19.3. The Kier molecular flexibility index (Phi) is 5.99. The predicted molar refractivity (Wildman–Crippen MR) is 102 cm³/mol. The predicted octanol–water partition coefficient (Wildman–Crippen LogP) is 2.21. The molecule has 0 spiro atoms. The maximum atomic E-state index is 12.4. The summed E-state index contributed by atoms with van der Waals surface area (Å²) in [6.45, 7) is 3.62. The molecular weight excluding hydrogens is 354 g/mol. The maximum absolute atomic E-state index is 12.4. The summed E-state index contributed by atoms with van der Waals surface area (Å²) in [5.74, 6) is -1.07. The Hall–Kier alpha value is -2.87. The van der Waals surface area contributed by atoms with Gasteiger partial charge >= 0.3 is 0 Å². The summed E-state index contributed by atoms with van der Waals surface area (Å²) in [7, 11) is -3.38. The van der Waals surface area contributed by atoms with Crippen LogP contribution in [0.5, 0.6) is 0 Å². The van der Waals surface area contributed by atoms with Crippen molar-refractivity contribution in [2.24, 2.45) is 5.73 Å². The van der Waals surface area contributed by atoms with E-state index in [2.05, 4.69) is 5.32 Å². The van der Waals surface area contributed by atoms with E-state index in [1.165, 1.54) is 22.5 Å². The van der Waals surface area contributed by atoms with Gasteiger partial charge in [-0.2, -0.15) is 0 Å². The number of hydrogen-bond donors (Lipinski definition) is 2. The Morgan fingerprint density at radius 1 is 1.04 bits per heavy atom. The average Bonchev–Trinajstić information content (AvgIpc) is 2.63. The number of nitrogens with zero attached hydrogens (tertiary/aromatic N) is 1. The van der Waals surface area contributed by atoms with E-state index in [1.807, 2.05) is 0 Å². The smallest absolute Gasteiger partial charge is 0.255 e. The fourth-order valence-electron chi connectivity index (χ4n) is 2.48. The van der Waals surface area contributed by atoms with E-state index in [4.69, 9.17) is 5.73 Å². The third-order valence-corrected chi connectivity index (χ3v) is 5.72. The second kappa shape index (κ2) is 8.01. The standard InChI is InChI=1S/C18H21N3O4S/c1-3-21(26(24,25)4-2)14-11-9-13(10-12-14)18(23)20-16-8-6-5-7-15(16)17(19)22/h5-12H,3-4H2,1-2H3,(H2,19,22)(H,20,23). The number of rotatable bonds is 7. The molecule has 0 unspecified atom stereocenters. The lowest BCUT2D eigenvalue weighted by molar-refractivity contribution is 0.100. The van der Waals surface area contributed by atoms with E-state index in [9.17, 15) is 18.0 Å². The fourth-order valence-corrected chi connectivity index (χ4v) is 3.62. The van der Waals surface area contributed by atoms with Crippen LogP contribution in [-0.4, -0.2) is 32.5 Å². The Morgan fingerprint density at radius 3 is 2.19 bits per heavy atom. The van der Waals surface area contributed by atoms with Crippen LogP contribution in [0.25, 0.3) is 0 Å². The number of primary amides is 1. The van der Waals surface area contributed by atoms with Gasteiger partial charge in [-0.15, -0.1) is 0 Å². The normalized spacial score (nSPS) is 11.0. The van der Waals surface area contributed by atoms with Crippen LogP contribution < -0.4 is 15.4 Å². The second-order valence-electron chi connectivity index (χ2n) is 5.48. The van der Waals surface area contributed by atoms with Gasteiger partial charge in [0.1, 0.15) is 0 Å². The van der Waals surface area contributed by atoms with Crippen molar-refractivity contribution in [3.05, 3.63) is 59.7 Å². The van der Waals surface area contributed by atoms with E-state index in [1.54, 1.807) is 44.2 Å². The topological polar surface area (TPSA) is 110 Å². The number of sulfonamides is 1. The van der Waals surface area contributed by atoms with Gasteiger partial charge in [0, 0.05) is 12.1 Å². The van der Waals surface area contributed by atoms with Gasteiger partial charge in [0.2, 0.25) is 10.0 Å². The quantitative estimate of drug-likeness (QED) is 0.773. The fraction of sp³-hybridized carbons (Fsp3) is 0.222. The SMILES string of the molecule is CCN(c1ccc(C(=O)Nc2ccccc2C(N)=O)cc1)S(=O)(=O)CC. The molecule has 0 aliphatic carbocycles. The van der Waals surface area contributed by atoms with Crippen molar-refractivity contribution in [3.63, 3.8) is 0 Å². The number of nitrogens with two attached hydrogens (primary N) is 1. The molecule has 0 aliphatic rings. The average molecular weight is 375 g/mol. The molecule has 2 rings (SSSR count). The first-order valence-electron chi connectivity index (χ1n) is 8.10. The Labute approximate surface area is 152 Å². The Bertz CT molecular complexity index is 908. The van der Waals surface area contributed by atoms with Crippen molar-refractivity contribution in [1.82, 2.24) is 0 Å². The zero-order valence-electron chi connectivity index (χ0n) is 14.6. The van der Waals surface area contributed by atoms with Crippen LogP contribution in [0.15, 0.2) is 48.5 Å². The summed E-state index contributed by atoms with van der Waals surface area (Å²) in [4.78, 5) is 23.8. The van der Waals surface area contributed by atoms with Gasteiger partial charge in [0.05, 0.1) is 22.7 Å². The van der Waals surface area contributed by atoms with Crippen molar-refractivity contribution in [3.8, 4) is 0 Å². The van der Waals surface area contributed by atoms with Crippen LogP contribution in [0.3, 0.4) is 0 Å². The molecule has 0 atom stereocenters. The van der Waals surface area contributed by atoms with Crippen LogP contribution in [0.2, 0.25) is 0 Å². The van der Waals surface area contributed by atoms with Crippen molar-refractivity contribution < 1.29 is 18.0 Å². The summed E-state index contributed by atoms with van der Waals surface area (Å²) < 4.78 is 25.5. The lowest BCUT2D eigenvalue weighted by atomic mass is 10.1. The van der Waals surface area contributed by atoms with Crippen LogP contribution in [-0.2, 0) is 10.0 Å². The molecule has 0 aromatic heterocycles. The number of benzene rings is 2. The van der Waals surface area contributed by atoms with E-state index < -0.39 is 21.8 Å². The van der Waals surface area contributed by atoms with E-state index in [-0.39, 0.29) is 11.3 Å². The molecule has 0 radical (unpaired) electrons. The lowest BCUT2D eigenvalue weighted by Gasteiger charge is -2.22. The first-order chi connectivity index (χ1) is 12.3. The molecule has 0 bridgehead atoms. The zero-order valence-corrected chi connectivity index (χ0v) is 15.4. The summed E-state index contributed by atoms with van der Waals surface area (Å²) >= 11 is 0. The van der Waals surface area contributed by atoms with Crippen molar-refractivity contribution >= 4 is 33.2 Å². The Morgan fingerprint density at radius 2 is 1.65 bits per heavy atom. The van der Waals surface area contributed by atoms with Crippen molar-refractivity contribution in [1.29, 1.82) is 0 Å². The summed E-state index contributed by atoms with van der Waals surface area (Å²) in [5.41, 5.74) is 6.65. The summed E-state index contributed by atoms with van der Waals surface area (Å²) in [6.07, 6.45) is 0. The minimum absolute atomic E-state index is 0.00697. The Balaban J connectivity index is 2.23. The van der Waals surface area contributed by atoms with Gasteiger partial charge in [-0.25, -0.2) is 8.42 Å². The first kappa shape index (κ1) is 19.5. The molecule has 0 fully saturated rings. The van der Waals surface area contributed by atoms with Gasteiger partial charge in [-0.3, -0.25) is 13.9 Å². The number of carbonyl (C=O) groups is 2. The molecular formula is C18H21N3O4S. The molecule has 2 amide bonds. The van der Waals surface area contributed by atoms with Crippen LogP contribution in [0, 0.1) is 0 Å². The molecule has 0 aliphatic heterocycles. The van der Waals surface area contributed by atoms with E-state index in [0.717, 1.165) is 0 Å². The molecule has 2 aromatic carbocycles. The highest BCUT2D eigenvalue weighted by Gasteiger charge is 2.19. The van der Waals surface area contributed by atoms with E-state index >= 15 is 0 Å². The van der Waals surface area contributed by atoms with Crippen molar-refractivity contribution in [2.45, 2.75) is 13.8 Å². The molecule has 2 aromatic rings. The molecule has 0 heterocycles. The highest BCUT2D eigenvalue weighted by molar-refractivity contribution is 7.92. The molecule has 3 N–H and O–H groups in total. The first-order valence-corrected chi connectivity index (χ1v) is 9.71. The number of carbonyl (C=O) groups excluding carboxylic acids is 2. The minimum Gasteiger partial charge on any atom is -0.366 e. The van der Waals surface area contributed by atoms with E-state index in [0.29, 0.717) is 23.5 Å². The van der Waals surface area contributed by atoms with Gasteiger partial charge < -0.3 is 11.1 Å². The summed E-state index contributed by atoms with van der Waals surface area (Å²) in [5, 5.41) is 2.64. The van der Waals surface area contributed by atoms with Crippen LogP contribution in [0.4, 0.5) is 11.4 Å². The lowest BCUT2D eigenvalue weighted by Crippen LogP contribution is -2.32. The minimum atomic E-state index is -3.38. The number of para-hydroxylation sites is 1. The monoisotopic (exact) mass is 375 g/mol.